The minimum absolute atomic E-state index is 0.253. The first-order valence-electron chi connectivity index (χ1n) is 8.03. The highest BCUT2D eigenvalue weighted by molar-refractivity contribution is 5.33. The van der Waals surface area contributed by atoms with Crippen molar-refractivity contribution in [3.8, 4) is 5.75 Å². The van der Waals surface area contributed by atoms with E-state index in [1.165, 1.54) is 0 Å². The van der Waals surface area contributed by atoms with Crippen molar-refractivity contribution in [2.45, 2.75) is 39.2 Å². The van der Waals surface area contributed by atoms with Gasteiger partial charge in [-0.3, -0.25) is 4.90 Å². The van der Waals surface area contributed by atoms with Crippen LogP contribution in [0, 0.1) is 0 Å². The van der Waals surface area contributed by atoms with Gasteiger partial charge in [0, 0.05) is 38.3 Å². The third-order valence-electron chi connectivity index (χ3n) is 3.92. The average molecular weight is 328 g/mol. The van der Waals surface area contributed by atoms with Crippen LogP contribution in [-0.2, 0) is 11.3 Å². The molecule has 1 aliphatic heterocycles. The van der Waals surface area contributed by atoms with E-state index in [2.05, 4.69) is 28.4 Å². The Kier molecular flexibility index (Phi) is 6.74. The van der Waals surface area contributed by atoms with Crippen LogP contribution < -0.4 is 4.74 Å². The van der Waals surface area contributed by atoms with Crippen molar-refractivity contribution in [1.29, 1.82) is 0 Å². The quantitative estimate of drug-likeness (QED) is 0.768. The molecule has 0 aliphatic carbocycles. The number of hydrogen-bond donors (Lipinski definition) is 0. The third-order valence-corrected chi connectivity index (χ3v) is 3.92. The molecule has 0 aromatic heterocycles. The molecular formula is C17H26F2N2O2. The van der Waals surface area contributed by atoms with E-state index in [0.717, 1.165) is 31.7 Å². The topological polar surface area (TPSA) is 24.9 Å². The second-order valence-electron chi connectivity index (χ2n) is 6.24. The fraction of sp³-hybridized carbons (Fsp3) is 0.647. The molecule has 130 valence electrons. The van der Waals surface area contributed by atoms with Gasteiger partial charge in [0.1, 0.15) is 5.75 Å². The molecule has 2 rings (SSSR count). The van der Waals surface area contributed by atoms with Crippen molar-refractivity contribution in [2.24, 2.45) is 0 Å². The summed E-state index contributed by atoms with van der Waals surface area (Å²) >= 11 is 0. The Hall–Kier alpha value is -1.24. The summed E-state index contributed by atoms with van der Waals surface area (Å²) in [5.74, 6) is 0.253. The monoisotopic (exact) mass is 328 g/mol. The average Bonchev–Trinajstić information content (AvgIpc) is 2.46. The van der Waals surface area contributed by atoms with Gasteiger partial charge in [-0.1, -0.05) is 18.2 Å². The zero-order chi connectivity index (χ0) is 16.8. The van der Waals surface area contributed by atoms with Crippen molar-refractivity contribution < 1.29 is 18.3 Å². The molecule has 1 aromatic carbocycles. The second-order valence-corrected chi connectivity index (χ2v) is 6.24. The number of para-hydroxylation sites is 1. The SMILES string of the molecule is C[C@@H]1CN(CCN(C)Cc2ccccc2OC(F)F)C[C@H](C)O1. The van der Waals surface area contributed by atoms with E-state index in [0.29, 0.717) is 6.54 Å². The van der Waals surface area contributed by atoms with Crippen LogP contribution >= 0.6 is 0 Å². The van der Waals surface area contributed by atoms with Crippen LogP contribution in [0.1, 0.15) is 19.4 Å². The molecule has 6 heteroatoms. The van der Waals surface area contributed by atoms with Gasteiger partial charge in [0.05, 0.1) is 12.2 Å². The molecule has 2 atom stereocenters. The first kappa shape index (κ1) is 18.1. The molecule has 0 spiro atoms. The number of benzene rings is 1. The summed E-state index contributed by atoms with van der Waals surface area (Å²) in [6.07, 6.45) is 0.508. The smallest absolute Gasteiger partial charge is 0.387 e. The normalized spacial score (nSPS) is 22.7. The van der Waals surface area contributed by atoms with Gasteiger partial charge in [-0.25, -0.2) is 0 Å². The van der Waals surface area contributed by atoms with E-state index in [1.807, 2.05) is 19.2 Å². The summed E-state index contributed by atoms with van der Waals surface area (Å²) in [5, 5.41) is 0. The number of ether oxygens (including phenoxy) is 2. The highest BCUT2D eigenvalue weighted by atomic mass is 19.3. The van der Waals surface area contributed by atoms with Crippen LogP contribution in [0.25, 0.3) is 0 Å². The Morgan fingerprint density at radius 3 is 2.57 bits per heavy atom. The summed E-state index contributed by atoms with van der Waals surface area (Å²) in [4.78, 5) is 4.51. The summed E-state index contributed by atoms with van der Waals surface area (Å²) in [6, 6.07) is 6.96. The maximum Gasteiger partial charge on any atom is 0.387 e. The lowest BCUT2D eigenvalue weighted by Crippen LogP contribution is -2.47. The van der Waals surface area contributed by atoms with E-state index in [1.54, 1.807) is 12.1 Å². The van der Waals surface area contributed by atoms with Crippen molar-refractivity contribution in [1.82, 2.24) is 9.80 Å². The molecule has 0 unspecified atom stereocenters. The molecule has 1 aromatic rings. The first-order chi connectivity index (χ1) is 10.9. The van der Waals surface area contributed by atoms with Gasteiger partial charge in [-0.2, -0.15) is 8.78 Å². The summed E-state index contributed by atoms with van der Waals surface area (Å²) in [7, 11) is 1.99. The molecule has 0 saturated carbocycles. The molecular weight excluding hydrogens is 302 g/mol. The van der Waals surface area contributed by atoms with Crippen molar-refractivity contribution in [2.75, 3.05) is 33.2 Å². The molecule has 0 bridgehead atoms. The standard InChI is InChI=1S/C17H26F2N2O2/c1-13-10-21(11-14(2)22-13)9-8-20(3)12-15-6-4-5-7-16(15)23-17(18)19/h4-7,13-14,17H,8-12H2,1-3H3/t13-,14+. The fourth-order valence-electron chi connectivity index (χ4n) is 2.99. The number of rotatable bonds is 7. The van der Waals surface area contributed by atoms with Gasteiger partial charge in [0.15, 0.2) is 0 Å². The van der Waals surface area contributed by atoms with Crippen molar-refractivity contribution >= 4 is 0 Å². The van der Waals surface area contributed by atoms with Gasteiger partial charge in [-0.05, 0) is 27.0 Å². The molecule has 0 radical (unpaired) electrons. The lowest BCUT2D eigenvalue weighted by molar-refractivity contribution is -0.0691. The van der Waals surface area contributed by atoms with E-state index in [9.17, 15) is 8.78 Å². The van der Waals surface area contributed by atoms with Crippen LogP contribution in [0.4, 0.5) is 8.78 Å². The number of nitrogens with zero attached hydrogens (tertiary/aromatic N) is 2. The number of likely N-dealkylation sites (N-methyl/N-ethyl adjacent to an activating group) is 1. The van der Waals surface area contributed by atoms with Gasteiger partial charge in [0.25, 0.3) is 0 Å². The Labute approximate surface area is 137 Å². The number of alkyl halides is 2. The van der Waals surface area contributed by atoms with E-state index < -0.39 is 6.61 Å². The predicted octanol–water partition coefficient (Wildman–Crippen LogP) is 2.83. The molecule has 0 N–H and O–H groups in total. The van der Waals surface area contributed by atoms with Crippen LogP contribution in [-0.4, -0.2) is 61.8 Å². The fourth-order valence-corrected chi connectivity index (χ4v) is 2.99. The molecule has 1 saturated heterocycles. The lowest BCUT2D eigenvalue weighted by Gasteiger charge is -2.36. The second kappa shape index (κ2) is 8.57. The molecule has 23 heavy (non-hydrogen) atoms. The number of hydrogen-bond acceptors (Lipinski definition) is 4. The van der Waals surface area contributed by atoms with Gasteiger partial charge in [0.2, 0.25) is 0 Å². The van der Waals surface area contributed by atoms with Gasteiger partial charge in [-0.15, -0.1) is 0 Å². The zero-order valence-electron chi connectivity index (χ0n) is 14.0. The van der Waals surface area contributed by atoms with Crippen LogP contribution in [0.5, 0.6) is 5.75 Å². The summed E-state index contributed by atoms with van der Waals surface area (Å²) < 4.78 is 35.2. The maximum atomic E-state index is 12.4. The molecule has 4 nitrogen and oxygen atoms in total. The van der Waals surface area contributed by atoms with Gasteiger partial charge < -0.3 is 14.4 Å². The minimum atomic E-state index is -2.79. The first-order valence-corrected chi connectivity index (χ1v) is 8.03. The van der Waals surface area contributed by atoms with E-state index in [4.69, 9.17) is 4.74 Å². The maximum absolute atomic E-state index is 12.4. The number of morpholine rings is 1. The van der Waals surface area contributed by atoms with Gasteiger partial charge >= 0.3 is 6.61 Å². The Balaban J connectivity index is 1.84. The molecule has 1 heterocycles. The predicted molar refractivity (Wildman–Crippen MR) is 85.9 cm³/mol. The highest BCUT2D eigenvalue weighted by Crippen LogP contribution is 2.21. The van der Waals surface area contributed by atoms with Crippen molar-refractivity contribution in [3.05, 3.63) is 29.8 Å². The Bertz CT molecular complexity index is 477. The van der Waals surface area contributed by atoms with Crippen LogP contribution in [0.2, 0.25) is 0 Å². The van der Waals surface area contributed by atoms with Crippen LogP contribution in [0.3, 0.4) is 0 Å². The third kappa shape index (κ3) is 6.05. The summed E-state index contributed by atoms with van der Waals surface area (Å²) in [5.41, 5.74) is 0.777. The largest absolute Gasteiger partial charge is 0.434 e. The van der Waals surface area contributed by atoms with E-state index in [-0.39, 0.29) is 18.0 Å². The van der Waals surface area contributed by atoms with E-state index >= 15 is 0 Å². The Morgan fingerprint density at radius 1 is 1.26 bits per heavy atom. The molecule has 1 fully saturated rings. The number of halogens is 2. The Morgan fingerprint density at radius 2 is 1.91 bits per heavy atom. The van der Waals surface area contributed by atoms with Crippen LogP contribution in [0.15, 0.2) is 24.3 Å². The molecule has 1 aliphatic rings. The zero-order valence-corrected chi connectivity index (χ0v) is 14.0. The minimum Gasteiger partial charge on any atom is -0.434 e. The highest BCUT2D eigenvalue weighted by Gasteiger charge is 2.22. The lowest BCUT2D eigenvalue weighted by atomic mass is 10.2. The summed E-state index contributed by atoms with van der Waals surface area (Å²) in [6.45, 7) is 5.63. The molecule has 0 amide bonds. The van der Waals surface area contributed by atoms with Crippen molar-refractivity contribution in [3.63, 3.8) is 0 Å².